The van der Waals surface area contributed by atoms with Gasteiger partial charge in [0, 0.05) is 30.9 Å². The van der Waals surface area contributed by atoms with Crippen LogP contribution >= 0.6 is 11.6 Å². The molecule has 0 saturated carbocycles. The SMILES string of the molecule is CC.CC.COc1ccccn1.COc1cccnc1.Clc1cccnc1. The fourth-order valence-electron chi connectivity index (χ4n) is 1.28. The summed E-state index contributed by atoms with van der Waals surface area (Å²) in [4.78, 5) is 11.5. The zero-order valence-corrected chi connectivity index (χ0v) is 17.7. The molecule has 0 bridgehead atoms. The van der Waals surface area contributed by atoms with E-state index in [0.29, 0.717) is 10.9 Å². The highest BCUT2D eigenvalue weighted by Gasteiger charge is 1.82. The van der Waals surface area contributed by atoms with Crippen LogP contribution in [0.1, 0.15) is 27.7 Å². The van der Waals surface area contributed by atoms with Crippen LogP contribution in [0, 0.1) is 0 Å². The van der Waals surface area contributed by atoms with Crippen molar-refractivity contribution >= 4 is 11.6 Å². The Labute approximate surface area is 168 Å². The quantitative estimate of drug-likeness (QED) is 0.538. The van der Waals surface area contributed by atoms with Gasteiger partial charge in [-0.3, -0.25) is 9.97 Å². The van der Waals surface area contributed by atoms with Gasteiger partial charge in [0.05, 0.1) is 25.4 Å². The first-order valence-corrected chi connectivity index (χ1v) is 9.08. The number of halogens is 1. The van der Waals surface area contributed by atoms with Crippen LogP contribution in [-0.2, 0) is 0 Å². The average molecular weight is 392 g/mol. The summed E-state index contributed by atoms with van der Waals surface area (Å²) in [6.07, 6.45) is 8.36. The molecule has 0 aromatic carbocycles. The van der Waals surface area contributed by atoms with Gasteiger partial charge in [0.15, 0.2) is 0 Å². The smallest absolute Gasteiger partial charge is 0.212 e. The van der Waals surface area contributed by atoms with E-state index >= 15 is 0 Å². The van der Waals surface area contributed by atoms with Gasteiger partial charge in [-0.25, -0.2) is 4.98 Å². The summed E-state index contributed by atoms with van der Waals surface area (Å²) in [6.45, 7) is 8.00. The molecule has 3 aromatic rings. The van der Waals surface area contributed by atoms with E-state index in [1.165, 1.54) is 0 Å². The molecular formula is C21H30ClN3O2. The van der Waals surface area contributed by atoms with Crippen LogP contribution in [0.25, 0.3) is 0 Å². The predicted molar refractivity (Wildman–Crippen MR) is 114 cm³/mol. The number of rotatable bonds is 2. The molecule has 6 heteroatoms. The number of hydrogen-bond donors (Lipinski definition) is 0. The third-order valence-electron chi connectivity index (χ3n) is 2.34. The first kappa shape index (κ1) is 26.6. The topological polar surface area (TPSA) is 57.1 Å². The lowest BCUT2D eigenvalue weighted by Crippen LogP contribution is -1.83. The second-order valence-corrected chi connectivity index (χ2v) is 4.37. The number of methoxy groups -OCH3 is 2. The van der Waals surface area contributed by atoms with Crippen molar-refractivity contribution in [2.24, 2.45) is 0 Å². The molecule has 148 valence electrons. The Morgan fingerprint density at radius 3 is 1.59 bits per heavy atom. The maximum Gasteiger partial charge on any atom is 0.212 e. The molecule has 0 aliphatic rings. The van der Waals surface area contributed by atoms with Gasteiger partial charge < -0.3 is 9.47 Å². The Balaban J connectivity index is 0. The molecule has 5 nitrogen and oxygen atoms in total. The molecule has 0 spiro atoms. The van der Waals surface area contributed by atoms with Gasteiger partial charge in [0.1, 0.15) is 5.75 Å². The van der Waals surface area contributed by atoms with Crippen molar-refractivity contribution in [2.75, 3.05) is 14.2 Å². The summed E-state index contributed by atoms with van der Waals surface area (Å²) in [5, 5.41) is 0.683. The minimum atomic E-state index is 0.660. The molecule has 0 amide bonds. The van der Waals surface area contributed by atoms with Gasteiger partial charge in [0.25, 0.3) is 0 Å². The Bertz CT molecular complexity index is 587. The average Bonchev–Trinajstić information content (AvgIpc) is 2.79. The van der Waals surface area contributed by atoms with Gasteiger partial charge in [-0.1, -0.05) is 45.4 Å². The summed E-state index contributed by atoms with van der Waals surface area (Å²) in [7, 11) is 3.22. The lowest BCUT2D eigenvalue weighted by molar-refractivity contribution is 0.398. The van der Waals surface area contributed by atoms with Crippen molar-refractivity contribution in [2.45, 2.75) is 27.7 Å². The summed E-state index contributed by atoms with van der Waals surface area (Å²) < 4.78 is 9.65. The van der Waals surface area contributed by atoms with Gasteiger partial charge in [-0.15, -0.1) is 0 Å². The lowest BCUT2D eigenvalue weighted by atomic mass is 10.5. The molecule has 3 rings (SSSR count). The van der Waals surface area contributed by atoms with Crippen molar-refractivity contribution in [3.05, 3.63) is 78.5 Å². The standard InChI is InChI=1S/2C6H7NO.C5H4ClN.2C2H6/c1-8-6-3-2-4-7-5-6;1-8-6-4-2-3-5-7-6;6-5-2-1-3-7-4-5;2*1-2/h2*2-5H,1H3;1-4H;2*1-2H3. The van der Waals surface area contributed by atoms with Crippen LogP contribution in [0.4, 0.5) is 0 Å². The van der Waals surface area contributed by atoms with E-state index < -0.39 is 0 Å². The van der Waals surface area contributed by atoms with E-state index in [0.717, 1.165) is 5.75 Å². The Morgan fingerprint density at radius 1 is 0.704 bits per heavy atom. The van der Waals surface area contributed by atoms with E-state index in [1.807, 2.05) is 52.0 Å². The maximum absolute atomic E-state index is 5.48. The van der Waals surface area contributed by atoms with E-state index in [9.17, 15) is 0 Å². The molecule has 3 heterocycles. The van der Waals surface area contributed by atoms with Crippen LogP contribution in [0.15, 0.2) is 73.4 Å². The zero-order valence-electron chi connectivity index (χ0n) is 17.0. The third-order valence-corrected chi connectivity index (χ3v) is 2.57. The molecule has 0 unspecified atom stereocenters. The first-order chi connectivity index (χ1) is 13.3. The Kier molecular flexibility index (Phi) is 21.0. The van der Waals surface area contributed by atoms with Crippen molar-refractivity contribution in [1.82, 2.24) is 15.0 Å². The van der Waals surface area contributed by atoms with Crippen LogP contribution in [-0.4, -0.2) is 29.2 Å². The van der Waals surface area contributed by atoms with E-state index in [1.54, 1.807) is 63.4 Å². The molecule has 0 aliphatic heterocycles. The minimum Gasteiger partial charge on any atom is -0.495 e. The third kappa shape index (κ3) is 16.6. The highest BCUT2D eigenvalue weighted by Crippen LogP contribution is 2.03. The van der Waals surface area contributed by atoms with Crippen molar-refractivity contribution < 1.29 is 9.47 Å². The molecule has 0 aliphatic carbocycles. The molecule has 0 fully saturated rings. The molecule has 0 atom stereocenters. The van der Waals surface area contributed by atoms with Crippen LogP contribution in [0.3, 0.4) is 0 Å². The highest BCUT2D eigenvalue weighted by molar-refractivity contribution is 6.30. The fraction of sp³-hybridized carbons (Fsp3) is 0.286. The monoisotopic (exact) mass is 391 g/mol. The highest BCUT2D eigenvalue weighted by atomic mass is 35.5. The number of ether oxygens (including phenoxy) is 2. The van der Waals surface area contributed by atoms with Crippen LogP contribution in [0.5, 0.6) is 11.6 Å². The summed E-state index contributed by atoms with van der Waals surface area (Å²) in [5.41, 5.74) is 0. The van der Waals surface area contributed by atoms with Crippen LogP contribution < -0.4 is 9.47 Å². The van der Waals surface area contributed by atoms with Crippen LogP contribution in [0.2, 0.25) is 5.02 Å². The number of hydrogen-bond acceptors (Lipinski definition) is 5. The van der Waals surface area contributed by atoms with Crippen molar-refractivity contribution in [1.29, 1.82) is 0 Å². The minimum absolute atomic E-state index is 0.660. The zero-order chi connectivity index (χ0) is 20.8. The molecule has 3 aromatic heterocycles. The summed E-state index contributed by atoms with van der Waals surface area (Å²) in [5.74, 6) is 1.46. The van der Waals surface area contributed by atoms with Crippen molar-refractivity contribution in [3.63, 3.8) is 0 Å². The van der Waals surface area contributed by atoms with E-state index in [4.69, 9.17) is 21.1 Å². The van der Waals surface area contributed by atoms with Gasteiger partial charge in [0.2, 0.25) is 5.88 Å². The number of aromatic nitrogens is 3. The lowest BCUT2D eigenvalue weighted by Gasteiger charge is -1.93. The maximum atomic E-state index is 5.48. The van der Waals surface area contributed by atoms with Gasteiger partial charge in [-0.05, 0) is 30.3 Å². The second kappa shape index (κ2) is 21.4. The molecular weight excluding hydrogens is 362 g/mol. The fourth-order valence-corrected chi connectivity index (χ4v) is 1.41. The molecule has 0 saturated heterocycles. The largest absolute Gasteiger partial charge is 0.495 e. The molecule has 0 radical (unpaired) electrons. The summed E-state index contributed by atoms with van der Waals surface area (Å²) in [6, 6.07) is 12.8. The summed E-state index contributed by atoms with van der Waals surface area (Å²) >= 11 is 5.48. The Morgan fingerprint density at radius 2 is 1.33 bits per heavy atom. The molecule has 27 heavy (non-hydrogen) atoms. The van der Waals surface area contributed by atoms with E-state index in [-0.39, 0.29) is 0 Å². The van der Waals surface area contributed by atoms with Crippen molar-refractivity contribution in [3.8, 4) is 11.6 Å². The first-order valence-electron chi connectivity index (χ1n) is 8.71. The normalized spacial score (nSPS) is 7.81. The predicted octanol–water partition coefficient (Wildman–Crippen LogP) is 5.97. The Hall–Kier alpha value is -2.66. The number of pyridine rings is 3. The van der Waals surface area contributed by atoms with Gasteiger partial charge in [-0.2, -0.15) is 0 Å². The van der Waals surface area contributed by atoms with Gasteiger partial charge >= 0.3 is 0 Å². The second-order valence-electron chi connectivity index (χ2n) is 3.94. The van der Waals surface area contributed by atoms with E-state index in [2.05, 4.69) is 15.0 Å². The molecule has 0 N–H and O–H groups in total. The number of nitrogens with zero attached hydrogens (tertiary/aromatic N) is 3.